The van der Waals surface area contributed by atoms with Gasteiger partial charge in [0.1, 0.15) is 11.4 Å². The summed E-state index contributed by atoms with van der Waals surface area (Å²) >= 11 is 0. The fraction of sp³-hybridized carbons (Fsp3) is 0.450. The second-order valence-electron chi connectivity index (χ2n) is 7.73. The summed E-state index contributed by atoms with van der Waals surface area (Å²) < 4.78 is 45.9. The summed E-state index contributed by atoms with van der Waals surface area (Å²) in [5.74, 6) is -0.129. The van der Waals surface area contributed by atoms with E-state index in [9.17, 15) is 18.0 Å². The minimum absolute atomic E-state index is 0.0935. The first-order valence-corrected chi connectivity index (χ1v) is 9.95. The standard InChI is InChI=1S/C20H23F3N6O2/c1-12-10-27(11-13(2)31-12)16-15(14-6-4-3-5-7-14)25-18(24)29-17(16)26-28(19(29)30)9-8-20(21,22)23/h3-7,12-13H,8-11H2,1-2H3,(H2,24,25). The number of aromatic nitrogens is 4. The lowest BCUT2D eigenvalue weighted by molar-refractivity contribution is -0.137. The zero-order chi connectivity index (χ0) is 22.3. The van der Waals surface area contributed by atoms with E-state index in [2.05, 4.69) is 10.1 Å². The van der Waals surface area contributed by atoms with Gasteiger partial charge in [0.05, 0.1) is 25.2 Å². The van der Waals surface area contributed by atoms with Crippen molar-refractivity contribution in [3.05, 3.63) is 40.8 Å². The minimum atomic E-state index is -4.41. The number of anilines is 2. The van der Waals surface area contributed by atoms with Gasteiger partial charge in [0, 0.05) is 18.7 Å². The number of hydrogen-bond acceptors (Lipinski definition) is 6. The molecule has 2 unspecified atom stereocenters. The van der Waals surface area contributed by atoms with Crippen molar-refractivity contribution < 1.29 is 17.9 Å². The fourth-order valence-electron chi connectivity index (χ4n) is 3.92. The number of nitrogens with two attached hydrogens (primary N) is 1. The van der Waals surface area contributed by atoms with Crippen LogP contribution >= 0.6 is 0 Å². The van der Waals surface area contributed by atoms with E-state index in [-0.39, 0.29) is 23.8 Å². The number of morpholine rings is 1. The second kappa shape index (κ2) is 7.88. The predicted molar refractivity (Wildman–Crippen MR) is 110 cm³/mol. The number of nitrogen functional groups attached to an aromatic ring is 1. The molecule has 0 radical (unpaired) electrons. The van der Waals surface area contributed by atoms with Crippen molar-refractivity contribution >= 4 is 17.3 Å². The molecule has 2 N–H and O–H groups in total. The number of fused-ring (bicyclic) bond motifs is 1. The topological polar surface area (TPSA) is 90.7 Å². The van der Waals surface area contributed by atoms with Crippen LogP contribution in [-0.4, -0.2) is 50.6 Å². The van der Waals surface area contributed by atoms with E-state index < -0.39 is 24.8 Å². The van der Waals surface area contributed by atoms with E-state index in [1.807, 2.05) is 49.1 Å². The van der Waals surface area contributed by atoms with Crippen LogP contribution in [0, 0.1) is 0 Å². The molecule has 0 bridgehead atoms. The number of rotatable bonds is 4. The first-order chi connectivity index (χ1) is 14.6. The van der Waals surface area contributed by atoms with Crippen LogP contribution in [0.4, 0.5) is 24.8 Å². The van der Waals surface area contributed by atoms with Crippen LogP contribution in [0.25, 0.3) is 16.9 Å². The largest absolute Gasteiger partial charge is 0.390 e. The second-order valence-corrected chi connectivity index (χ2v) is 7.73. The lowest BCUT2D eigenvalue weighted by Crippen LogP contribution is -2.46. The number of halogens is 3. The van der Waals surface area contributed by atoms with Gasteiger partial charge in [-0.25, -0.2) is 18.9 Å². The Morgan fingerprint density at radius 3 is 2.42 bits per heavy atom. The highest BCUT2D eigenvalue weighted by atomic mass is 19.4. The van der Waals surface area contributed by atoms with Crippen LogP contribution in [0.15, 0.2) is 35.1 Å². The number of alkyl halides is 3. The number of aryl methyl sites for hydroxylation is 1. The molecule has 1 saturated heterocycles. The van der Waals surface area contributed by atoms with Crippen molar-refractivity contribution in [3.8, 4) is 11.3 Å². The van der Waals surface area contributed by atoms with E-state index in [0.717, 1.165) is 14.6 Å². The van der Waals surface area contributed by atoms with Gasteiger partial charge in [-0.2, -0.15) is 13.2 Å². The Balaban J connectivity index is 1.94. The van der Waals surface area contributed by atoms with Gasteiger partial charge in [-0.3, -0.25) is 0 Å². The number of hydrogen-bond donors (Lipinski definition) is 1. The van der Waals surface area contributed by atoms with Crippen molar-refractivity contribution in [1.82, 2.24) is 19.2 Å². The Morgan fingerprint density at radius 2 is 1.81 bits per heavy atom. The molecule has 4 rings (SSSR count). The van der Waals surface area contributed by atoms with Gasteiger partial charge in [0.2, 0.25) is 5.95 Å². The third kappa shape index (κ3) is 4.22. The van der Waals surface area contributed by atoms with Crippen molar-refractivity contribution in [3.63, 3.8) is 0 Å². The van der Waals surface area contributed by atoms with Gasteiger partial charge in [-0.05, 0) is 13.8 Å². The molecule has 2 atom stereocenters. The first kappa shape index (κ1) is 21.2. The molecular weight excluding hydrogens is 413 g/mol. The minimum Gasteiger partial charge on any atom is -0.372 e. The van der Waals surface area contributed by atoms with Gasteiger partial charge in [-0.15, -0.1) is 5.10 Å². The molecule has 0 spiro atoms. The van der Waals surface area contributed by atoms with Crippen LogP contribution in [0.5, 0.6) is 0 Å². The maximum absolute atomic E-state index is 12.8. The van der Waals surface area contributed by atoms with Gasteiger partial charge in [-0.1, -0.05) is 30.3 Å². The summed E-state index contributed by atoms with van der Waals surface area (Å²) in [4.78, 5) is 19.3. The smallest absolute Gasteiger partial charge is 0.372 e. The molecule has 1 fully saturated rings. The van der Waals surface area contributed by atoms with Gasteiger partial charge in [0.25, 0.3) is 0 Å². The molecule has 3 aromatic rings. The summed E-state index contributed by atoms with van der Waals surface area (Å²) in [5.41, 5.74) is 7.33. The highest BCUT2D eigenvalue weighted by Crippen LogP contribution is 2.35. The van der Waals surface area contributed by atoms with Gasteiger partial charge in [0.15, 0.2) is 5.65 Å². The summed E-state index contributed by atoms with van der Waals surface area (Å²) in [6.45, 7) is 4.28. The molecule has 31 heavy (non-hydrogen) atoms. The van der Waals surface area contributed by atoms with E-state index in [1.54, 1.807) is 0 Å². The number of benzene rings is 1. The lowest BCUT2D eigenvalue weighted by atomic mass is 10.1. The zero-order valence-corrected chi connectivity index (χ0v) is 17.1. The van der Waals surface area contributed by atoms with Crippen molar-refractivity contribution in [2.24, 2.45) is 0 Å². The highest BCUT2D eigenvalue weighted by molar-refractivity contribution is 5.86. The van der Waals surface area contributed by atoms with Crippen LogP contribution < -0.4 is 16.3 Å². The van der Waals surface area contributed by atoms with E-state index in [4.69, 9.17) is 10.5 Å². The van der Waals surface area contributed by atoms with Crippen molar-refractivity contribution in [2.75, 3.05) is 23.7 Å². The van der Waals surface area contributed by atoms with Crippen LogP contribution in [-0.2, 0) is 11.3 Å². The summed E-state index contributed by atoms with van der Waals surface area (Å²) in [7, 11) is 0. The van der Waals surface area contributed by atoms with Gasteiger partial charge >= 0.3 is 11.9 Å². The maximum atomic E-state index is 12.8. The quantitative estimate of drug-likeness (QED) is 0.676. The average Bonchev–Trinajstić information content (AvgIpc) is 3.02. The van der Waals surface area contributed by atoms with Crippen LogP contribution in [0.1, 0.15) is 20.3 Å². The fourth-order valence-corrected chi connectivity index (χ4v) is 3.92. The maximum Gasteiger partial charge on any atom is 0.390 e. The SMILES string of the molecule is CC1CN(c2c(-c3ccccc3)nc(N)n3c(=O)n(CCC(F)(F)F)nc23)CC(C)O1. The van der Waals surface area contributed by atoms with E-state index in [0.29, 0.717) is 24.5 Å². The third-order valence-corrected chi connectivity index (χ3v) is 5.12. The molecule has 3 heterocycles. The van der Waals surface area contributed by atoms with Gasteiger partial charge < -0.3 is 15.4 Å². The Labute approximate surface area is 176 Å². The number of ether oxygens (including phenoxy) is 1. The number of nitrogens with zero attached hydrogens (tertiary/aromatic N) is 5. The monoisotopic (exact) mass is 436 g/mol. The summed E-state index contributed by atoms with van der Waals surface area (Å²) in [6.07, 6.45) is -5.77. The Kier molecular flexibility index (Phi) is 5.38. The Morgan fingerprint density at radius 1 is 1.16 bits per heavy atom. The average molecular weight is 436 g/mol. The molecule has 1 aliphatic rings. The molecule has 0 saturated carbocycles. The molecule has 11 heteroatoms. The molecule has 8 nitrogen and oxygen atoms in total. The zero-order valence-electron chi connectivity index (χ0n) is 17.1. The molecular formula is C20H23F3N6O2. The predicted octanol–water partition coefficient (Wildman–Crippen LogP) is 2.71. The molecule has 1 aromatic carbocycles. The Bertz CT molecular complexity index is 1130. The first-order valence-electron chi connectivity index (χ1n) is 9.95. The molecule has 0 amide bonds. The van der Waals surface area contributed by atoms with Crippen LogP contribution in [0.3, 0.4) is 0 Å². The molecule has 0 aliphatic carbocycles. The third-order valence-electron chi connectivity index (χ3n) is 5.12. The Hall–Kier alpha value is -3.08. The molecule has 166 valence electrons. The van der Waals surface area contributed by atoms with E-state index >= 15 is 0 Å². The van der Waals surface area contributed by atoms with Crippen molar-refractivity contribution in [2.45, 2.75) is 45.2 Å². The summed E-state index contributed by atoms with van der Waals surface area (Å²) in [5, 5.41) is 4.25. The molecule has 2 aromatic heterocycles. The summed E-state index contributed by atoms with van der Waals surface area (Å²) in [6, 6.07) is 9.27. The molecule has 1 aliphatic heterocycles. The van der Waals surface area contributed by atoms with Crippen molar-refractivity contribution in [1.29, 1.82) is 0 Å². The highest BCUT2D eigenvalue weighted by Gasteiger charge is 2.31. The normalized spacial score (nSPS) is 19.8. The van der Waals surface area contributed by atoms with Crippen LogP contribution in [0.2, 0.25) is 0 Å². The van der Waals surface area contributed by atoms with E-state index in [1.165, 1.54) is 0 Å². The lowest BCUT2D eigenvalue weighted by Gasteiger charge is -2.37.